The zero-order valence-electron chi connectivity index (χ0n) is 11.6. The van der Waals surface area contributed by atoms with Gasteiger partial charge in [0.1, 0.15) is 10.7 Å². The maximum Gasteiger partial charge on any atom is 0.247 e. The van der Waals surface area contributed by atoms with Crippen molar-refractivity contribution in [3.63, 3.8) is 0 Å². The molecule has 2 heterocycles. The van der Waals surface area contributed by atoms with E-state index < -0.39 is 10.0 Å². The number of halogens is 2. The summed E-state index contributed by atoms with van der Waals surface area (Å²) in [7, 11) is -3.51. The molecule has 0 N–H and O–H groups in total. The molecule has 118 valence electrons. The summed E-state index contributed by atoms with van der Waals surface area (Å²) >= 11 is 8.86. The molecule has 0 bridgehead atoms. The van der Waals surface area contributed by atoms with Gasteiger partial charge in [0, 0.05) is 38.8 Å². The van der Waals surface area contributed by atoms with Crippen LogP contribution in [0.5, 0.6) is 0 Å². The summed E-state index contributed by atoms with van der Waals surface area (Å²) < 4.78 is 32.4. The van der Waals surface area contributed by atoms with Gasteiger partial charge < -0.3 is 9.32 Å². The largest absolute Gasteiger partial charge is 0.452 e. The van der Waals surface area contributed by atoms with Crippen LogP contribution in [0.3, 0.4) is 0 Å². The second-order valence-corrected chi connectivity index (χ2v) is 8.53. The first-order chi connectivity index (χ1) is 10.0. The zero-order chi connectivity index (χ0) is 15.0. The highest BCUT2D eigenvalue weighted by molar-refractivity contribution is 9.10. The Balaban J connectivity index is 1.68. The van der Waals surface area contributed by atoms with Gasteiger partial charge in [-0.15, -0.1) is 11.6 Å². The Bertz CT molecular complexity index is 607. The maximum absolute atomic E-state index is 12.7. The predicted molar refractivity (Wildman–Crippen MR) is 83.9 cm³/mol. The number of hydrogen-bond donors (Lipinski definition) is 0. The number of hydrogen-bond acceptors (Lipinski definition) is 4. The summed E-state index contributed by atoms with van der Waals surface area (Å²) in [5, 5.41) is 0. The predicted octanol–water partition coefficient (Wildman–Crippen LogP) is 2.50. The van der Waals surface area contributed by atoms with Gasteiger partial charge in [-0.05, 0) is 34.7 Å². The van der Waals surface area contributed by atoms with Crippen molar-refractivity contribution in [2.45, 2.75) is 23.6 Å². The van der Waals surface area contributed by atoms with Crippen LogP contribution in [0.1, 0.15) is 18.6 Å². The van der Waals surface area contributed by atoms with E-state index in [2.05, 4.69) is 20.8 Å². The molecule has 1 aliphatic carbocycles. The molecular weight excluding hydrogens is 380 g/mol. The van der Waals surface area contributed by atoms with Crippen molar-refractivity contribution in [3.8, 4) is 0 Å². The highest BCUT2D eigenvalue weighted by atomic mass is 79.9. The van der Waals surface area contributed by atoms with Crippen molar-refractivity contribution >= 4 is 37.6 Å². The SMILES string of the molecule is O=S(=O)(c1cc(CCl)oc1Br)N1CCN(CC2CC2)CC1. The minimum atomic E-state index is -3.51. The third-order valence-electron chi connectivity index (χ3n) is 4.00. The molecule has 0 atom stereocenters. The van der Waals surface area contributed by atoms with E-state index in [0.717, 1.165) is 25.6 Å². The van der Waals surface area contributed by atoms with Crippen LogP contribution in [0.4, 0.5) is 0 Å². The van der Waals surface area contributed by atoms with Crippen LogP contribution in [-0.4, -0.2) is 50.3 Å². The molecule has 2 fully saturated rings. The van der Waals surface area contributed by atoms with Crippen LogP contribution in [0.15, 0.2) is 20.0 Å². The smallest absolute Gasteiger partial charge is 0.247 e. The monoisotopic (exact) mass is 396 g/mol. The van der Waals surface area contributed by atoms with Gasteiger partial charge >= 0.3 is 0 Å². The summed E-state index contributed by atoms with van der Waals surface area (Å²) in [5.74, 6) is 1.44. The van der Waals surface area contributed by atoms with Gasteiger partial charge in [-0.2, -0.15) is 4.31 Å². The molecule has 1 aliphatic heterocycles. The second kappa shape index (κ2) is 6.20. The second-order valence-electron chi connectivity index (χ2n) is 5.63. The van der Waals surface area contributed by atoms with Crippen molar-refractivity contribution in [1.82, 2.24) is 9.21 Å². The van der Waals surface area contributed by atoms with Gasteiger partial charge in [-0.1, -0.05) is 0 Å². The highest BCUT2D eigenvalue weighted by Gasteiger charge is 2.33. The average Bonchev–Trinajstić information content (AvgIpc) is 3.19. The number of alkyl halides is 1. The first kappa shape index (κ1) is 15.8. The summed E-state index contributed by atoms with van der Waals surface area (Å²) in [4.78, 5) is 2.53. The third kappa shape index (κ3) is 3.47. The molecule has 21 heavy (non-hydrogen) atoms. The lowest BCUT2D eigenvalue weighted by Gasteiger charge is -2.33. The van der Waals surface area contributed by atoms with Crippen LogP contribution in [0.25, 0.3) is 0 Å². The summed E-state index contributed by atoms with van der Waals surface area (Å²) in [5.41, 5.74) is 0. The Labute approximate surface area is 138 Å². The number of nitrogens with zero attached hydrogens (tertiary/aromatic N) is 2. The van der Waals surface area contributed by atoms with Crippen LogP contribution < -0.4 is 0 Å². The van der Waals surface area contributed by atoms with Crippen molar-refractivity contribution in [1.29, 1.82) is 0 Å². The minimum absolute atomic E-state index is 0.156. The quantitative estimate of drug-likeness (QED) is 0.716. The van der Waals surface area contributed by atoms with E-state index >= 15 is 0 Å². The van der Waals surface area contributed by atoms with E-state index in [9.17, 15) is 8.42 Å². The van der Waals surface area contributed by atoms with Gasteiger partial charge in [0.2, 0.25) is 10.0 Å². The molecule has 8 heteroatoms. The molecule has 1 aromatic heterocycles. The van der Waals surface area contributed by atoms with Gasteiger partial charge in [0.05, 0.1) is 5.88 Å². The van der Waals surface area contributed by atoms with Gasteiger partial charge in [0.25, 0.3) is 0 Å². The highest BCUT2D eigenvalue weighted by Crippen LogP contribution is 2.32. The first-order valence-corrected chi connectivity index (χ1v) is 9.84. The lowest BCUT2D eigenvalue weighted by molar-refractivity contribution is 0.182. The Morgan fingerprint density at radius 2 is 1.95 bits per heavy atom. The summed E-state index contributed by atoms with van der Waals surface area (Å²) in [6.45, 7) is 3.77. The molecule has 0 radical (unpaired) electrons. The summed E-state index contributed by atoms with van der Waals surface area (Å²) in [6.07, 6.45) is 2.64. The van der Waals surface area contributed by atoms with Crippen LogP contribution in [0, 0.1) is 5.92 Å². The van der Waals surface area contributed by atoms with Crippen molar-refractivity contribution in [2.75, 3.05) is 32.7 Å². The average molecular weight is 398 g/mol. The molecule has 1 saturated heterocycles. The van der Waals surface area contributed by atoms with Gasteiger partial charge in [0.15, 0.2) is 4.67 Å². The van der Waals surface area contributed by atoms with Crippen LogP contribution >= 0.6 is 27.5 Å². The molecule has 3 rings (SSSR count). The molecule has 2 aliphatic rings. The lowest BCUT2D eigenvalue weighted by Crippen LogP contribution is -2.49. The number of sulfonamides is 1. The van der Waals surface area contributed by atoms with E-state index in [0.29, 0.717) is 18.8 Å². The normalized spacial score (nSPS) is 21.8. The van der Waals surface area contributed by atoms with Gasteiger partial charge in [-0.3, -0.25) is 0 Å². The fraction of sp³-hybridized carbons (Fsp3) is 0.692. The molecule has 5 nitrogen and oxygen atoms in total. The Morgan fingerprint density at radius 1 is 1.29 bits per heavy atom. The number of furan rings is 1. The third-order valence-corrected chi connectivity index (χ3v) is 7.02. The summed E-state index contributed by atoms with van der Waals surface area (Å²) in [6, 6.07) is 1.50. The fourth-order valence-electron chi connectivity index (χ4n) is 2.60. The molecule has 1 aromatic rings. The lowest BCUT2D eigenvalue weighted by atomic mass is 10.3. The van der Waals surface area contributed by atoms with E-state index in [-0.39, 0.29) is 15.4 Å². The van der Waals surface area contributed by atoms with Crippen molar-refractivity contribution in [3.05, 3.63) is 16.5 Å². The van der Waals surface area contributed by atoms with Gasteiger partial charge in [-0.25, -0.2) is 8.42 Å². The fourth-order valence-corrected chi connectivity index (χ4v) is 5.11. The number of rotatable bonds is 5. The Hall–Kier alpha value is -0.0800. The van der Waals surface area contributed by atoms with E-state index in [1.807, 2.05) is 0 Å². The van der Waals surface area contributed by atoms with Crippen LogP contribution in [-0.2, 0) is 15.9 Å². The Morgan fingerprint density at radius 3 is 2.48 bits per heavy atom. The van der Waals surface area contributed by atoms with Crippen molar-refractivity contribution in [2.24, 2.45) is 5.92 Å². The number of piperazine rings is 1. The zero-order valence-corrected chi connectivity index (χ0v) is 14.8. The van der Waals surface area contributed by atoms with E-state index in [1.54, 1.807) is 0 Å². The molecule has 0 spiro atoms. The van der Waals surface area contributed by atoms with E-state index in [1.165, 1.54) is 23.2 Å². The first-order valence-electron chi connectivity index (χ1n) is 7.07. The molecule has 0 aromatic carbocycles. The maximum atomic E-state index is 12.7. The Kier molecular flexibility index (Phi) is 4.66. The van der Waals surface area contributed by atoms with Crippen molar-refractivity contribution < 1.29 is 12.8 Å². The molecule has 1 saturated carbocycles. The molecule has 0 amide bonds. The van der Waals surface area contributed by atoms with E-state index in [4.69, 9.17) is 16.0 Å². The van der Waals surface area contributed by atoms with Crippen LogP contribution in [0.2, 0.25) is 0 Å². The molecular formula is C13H18BrClN2O3S. The minimum Gasteiger partial charge on any atom is -0.452 e. The topological polar surface area (TPSA) is 53.8 Å². The standard InChI is InChI=1S/C13H18BrClN2O3S/c14-13-12(7-11(8-15)20-13)21(18,19)17-5-3-16(4-6-17)9-10-1-2-10/h7,10H,1-6,8-9H2. The molecule has 0 unspecified atom stereocenters.